The first kappa shape index (κ1) is 1.22. The molecule has 1 saturated carbocycles. The van der Waals surface area contributed by atoms with Gasteiger partial charge in [-0.05, 0) is 24.3 Å². The molecule has 0 bridgehead atoms. The van der Waals surface area contributed by atoms with E-state index in [-0.39, 0.29) is 0 Å². The van der Waals surface area contributed by atoms with Crippen molar-refractivity contribution in [2.24, 2.45) is 5.89 Å². The quantitative estimate of drug-likeness (QED) is 0.462. The predicted molar refractivity (Wildman–Crippen MR) is 23.6 cm³/mol. The van der Waals surface area contributed by atoms with Gasteiger partial charge in [-0.3, -0.25) is 4.79 Å². The number of rotatable bonds is 1. The highest BCUT2D eigenvalue weighted by atomic mass is 35.5. The van der Waals surface area contributed by atoms with E-state index in [1.54, 1.807) is 0 Å². The van der Waals surface area contributed by atoms with Crippen molar-refractivity contribution >= 4 is 16.8 Å². The molecular formula is C4H5ClO. The van der Waals surface area contributed by atoms with Gasteiger partial charge in [0.15, 0.2) is 0 Å². The third-order valence-corrected chi connectivity index (χ3v) is 0.636. The van der Waals surface area contributed by atoms with Gasteiger partial charge in [0, 0.05) is 12.7 Å². The molecule has 0 saturated heterocycles. The van der Waals surface area contributed by atoms with Crippen molar-refractivity contribution in [3.63, 3.8) is 0 Å². The Morgan fingerprint density at radius 1 is 2.17 bits per heavy atom. The lowest BCUT2D eigenvalue weighted by Crippen LogP contribution is -1.83. The third kappa shape index (κ3) is 0.716. The summed E-state index contributed by atoms with van der Waals surface area (Å²) in [7, 11) is 0. The van der Waals surface area contributed by atoms with E-state index in [4.69, 9.17) is 18.5 Å². The molecule has 0 aromatic rings. The highest BCUT2D eigenvalue weighted by Gasteiger charge is 2.27. The molecule has 0 N–H and O–H groups in total. The van der Waals surface area contributed by atoms with Crippen LogP contribution in [0.25, 0.3) is 0 Å². The standard InChI is InChI=1S/C4H5ClO/c5-4(6)3-1-2-3/h3H,1-2H2/i1D2,2D2,3D. The van der Waals surface area contributed by atoms with Crippen LogP contribution in [0.1, 0.15) is 19.6 Å². The molecule has 0 amide bonds. The fraction of sp³-hybridized carbons (Fsp3) is 0.750. The fourth-order valence-corrected chi connectivity index (χ4v) is 0.224. The first-order valence-corrected chi connectivity index (χ1v) is 1.77. The van der Waals surface area contributed by atoms with E-state index in [1.807, 2.05) is 0 Å². The molecule has 2 heteroatoms. The summed E-state index contributed by atoms with van der Waals surface area (Å²) in [6.07, 6.45) is -4.92. The van der Waals surface area contributed by atoms with Crippen molar-refractivity contribution in [1.82, 2.24) is 0 Å². The largest absolute Gasteiger partial charge is 0.281 e. The van der Waals surface area contributed by atoms with Gasteiger partial charge in [0.25, 0.3) is 0 Å². The van der Waals surface area contributed by atoms with Crippen molar-refractivity contribution in [2.45, 2.75) is 12.7 Å². The summed E-state index contributed by atoms with van der Waals surface area (Å²) in [5.74, 6) is -2.42. The second kappa shape index (κ2) is 1.23. The maximum Gasteiger partial charge on any atom is 0.224 e. The smallest absolute Gasteiger partial charge is 0.224 e. The molecule has 0 atom stereocenters. The number of carbonyl (C=O) groups excluding carboxylic acids is 1. The molecule has 0 aromatic heterocycles. The highest BCUT2D eigenvalue weighted by molar-refractivity contribution is 6.64. The average Bonchev–Trinajstić information content (AvgIpc) is 2.11. The summed E-state index contributed by atoms with van der Waals surface area (Å²) in [6, 6.07) is 0. The molecule has 1 rings (SSSR count). The summed E-state index contributed by atoms with van der Waals surface area (Å²) < 4.78 is 34.8. The van der Waals surface area contributed by atoms with Crippen LogP contribution in [-0.4, -0.2) is 5.24 Å². The second-order valence-corrected chi connectivity index (χ2v) is 1.24. The first-order chi connectivity index (χ1) is 4.69. The molecule has 1 aliphatic carbocycles. The summed E-state index contributed by atoms with van der Waals surface area (Å²) in [5, 5.41) is -1.28. The Bertz CT molecular complexity index is 211. The second-order valence-electron chi connectivity index (χ2n) is 0.899. The van der Waals surface area contributed by atoms with Crippen LogP contribution in [0.5, 0.6) is 0 Å². The summed E-state index contributed by atoms with van der Waals surface area (Å²) in [6.45, 7) is 0. The van der Waals surface area contributed by atoms with Gasteiger partial charge >= 0.3 is 0 Å². The Morgan fingerprint density at radius 2 is 2.67 bits per heavy atom. The molecule has 0 aliphatic heterocycles. The molecule has 0 aromatic carbocycles. The molecule has 0 radical (unpaired) electrons. The molecule has 1 aliphatic rings. The third-order valence-electron chi connectivity index (χ3n) is 0.447. The van der Waals surface area contributed by atoms with Crippen molar-refractivity contribution in [1.29, 1.82) is 0 Å². The Morgan fingerprint density at radius 3 is 2.67 bits per heavy atom. The fourth-order valence-electron chi connectivity index (χ4n) is 0.130. The van der Waals surface area contributed by atoms with Gasteiger partial charge in [0.1, 0.15) is 0 Å². The molecule has 0 heterocycles. The molecule has 34 valence electrons. The highest BCUT2D eigenvalue weighted by Crippen LogP contribution is 2.30. The predicted octanol–water partition coefficient (Wildman–Crippen LogP) is 1.16. The number of hydrogen-bond donors (Lipinski definition) is 0. The lowest BCUT2D eigenvalue weighted by Gasteiger charge is -1.72. The van der Waals surface area contributed by atoms with Crippen molar-refractivity contribution in [3.05, 3.63) is 0 Å². The topological polar surface area (TPSA) is 17.1 Å². The summed E-state index contributed by atoms with van der Waals surface area (Å²) >= 11 is 4.88. The average molecular weight is 110 g/mol. The van der Waals surface area contributed by atoms with Crippen molar-refractivity contribution in [2.75, 3.05) is 0 Å². The van der Waals surface area contributed by atoms with Crippen LogP contribution in [0.3, 0.4) is 0 Å². The van der Waals surface area contributed by atoms with Crippen LogP contribution in [0.15, 0.2) is 0 Å². The molecule has 1 fully saturated rings. The normalized spacial score (nSPS) is 55.2. The minimum Gasteiger partial charge on any atom is -0.281 e. The molecule has 0 spiro atoms. The van der Waals surface area contributed by atoms with E-state index in [2.05, 4.69) is 0 Å². The van der Waals surface area contributed by atoms with Gasteiger partial charge in [0.2, 0.25) is 5.24 Å². The zero-order valence-electron chi connectivity index (χ0n) is 7.79. The van der Waals surface area contributed by atoms with Gasteiger partial charge in [-0.25, -0.2) is 0 Å². The summed E-state index contributed by atoms with van der Waals surface area (Å²) in [4.78, 5) is 10.5. The molecule has 0 unspecified atom stereocenters. The number of halogens is 1. The molecular weight excluding hydrogens is 99.5 g/mol. The minimum absolute atomic E-state index is 1.28. The monoisotopic (exact) mass is 109 g/mol. The van der Waals surface area contributed by atoms with E-state index in [1.165, 1.54) is 0 Å². The van der Waals surface area contributed by atoms with Gasteiger partial charge in [-0.15, -0.1) is 0 Å². The van der Waals surface area contributed by atoms with E-state index in [9.17, 15) is 4.79 Å². The van der Waals surface area contributed by atoms with Crippen LogP contribution in [0, 0.1) is 5.89 Å². The Kier molecular flexibility index (Phi) is 0.250. The maximum absolute atomic E-state index is 10.5. The lowest BCUT2D eigenvalue weighted by molar-refractivity contribution is -0.112. The van der Waals surface area contributed by atoms with Crippen molar-refractivity contribution in [3.8, 4) is 0 Å². The number of carbonyl (C=O) groups is 1. The van der Waals surface area contributed by atoms with E-state index < -0.39 is 23.9 Å². The van der Waals surface area contributed by atoms with Crippen LogP contribution in [0.2, 0.25) is 0 Å². The maximum atomic E-state index is 10.5. The number of hydrogen-bond acceptors (Lipinski definition) is 1. The van der Waals surface area contributed by atoms with Gasteiger partial charge in [0.05, 0.1) is 0 Å². The van der Waals surface area contributed by atoms with E-state index >= 15 is 0 Å². The Labute approximate surface area is 48.3 Å². The Hall–Kier alpha value is -0.0400. The Balaban J connectivity index is 3.06. The minimum atomic E-state index is -2.46. The van der Waals surface area contributed by atoms with Gasteiger partial charge < -0.3 is 0 Å². The van der Waals surface area contributed by atoms with E-state index in [0.29, 0.717) is 0 Å². The zero-order valence-corrected chi connectivity index (χ0v) is 3.54. The van der Waals surface area contributed by atoms with Crippen LogP contribution in [-0.2, 0) is 4.79 Å². The zero-order chi connectivity index (χ0) is 9.08. The summed E-state index contributed by atoms with van der Waals surface area (Å²) in [5.41, 5.74) is 0. The lowest BCUT2D eigenvalue weighted by atomic mass is 10.5. The SMILES string of the molecule is [2H]C1([2H])C([2H])([2H])C1([2H])C(=O)Cl. The first-order valence-electron chi connectivity index (χ1n) is 3.89. The van der Waals surface area contributed by atoms with Crippen LogP contribution >= 0.6 is 11.6 Å². The van der Waals surface area contributed by atoms with Crippen LogP contribution in [0.4, 0.5) is 0 Å². The van der Waals surface area contributed by atoms with E-state index in [0.717, 1.165) is 0 Å². The van der Waals surface area contributed by atoms with Crippen LogP contribution < -0.4 is 0 Å². The molecule has 6 heavy (non-hydrogen) atoms. The molecule has 1 nitrogen and oxygen atoms in total. The van der Waals surface area contributed by atoms with Crippen molar-refractivity contribution < 1.29 is 11.6 Å². The van der Waals surface area contributed by atoms with Gasteiger partial charge in [-0.2, -0.15) is 0 Å². The van der Waals surface area contributed by atoms with Gasteiger partial charge in [-0.1, -0.05) is 0 Å².